The van der Waals surface area contributed by atoms with Gasteiger partial charge in [-0.15, -0.1) is 0 Å². The summed E-state index contributed by atoms with van der Waals surface area (Å²) in [7, 11) is 1.83. The fourth-order valence-corrected chi connectivity index (χ4v) is 3.81. The van der Waals surface area contributed by atoms with Crippen molar-refractivity contribution in [2.24, 2.45) is 10.4 Å². The summed E-state index contributed by atoms with van der Waals surface area (Å²) in [5.74, 6) is 0.880. The van der Waals surface area contributed by atoms with E-state index in [1.165, 1.54) is 5.56 Å². The van der Waals surface area contributed by atoms with Gasteiger partial charge >= 0.3 is 0 Å². The highest BCUT2D eigenvalue weighted by Crippen LogP contribution is 2.48. The molecule has 0 aromatic carbocycles. The van der Waals surface area contributed by atoms with E-state index in [0.29, 0.717) is 12.1 Å². The quantitative estimate of drug-likeness (QED) is 0.568. The van der Waals surface area contributed by atoms with Crippen molar-refractivity contribution in [3.63, 3.8) is 0 Å². The minimum atomic E-state index is 0.219. The topological polar surface area (TPSA) is 58.5 Å². The van der Waals surface area contributed by atoms with Crippen LogP contribution in [0.2, 0.25) is 0 Å². The van der Waals surface area contributed by atoms with Gasteiger partial charge < -0.3 is 15.4 Å². The van der Waals surface area contributed by atoms with Crippen molar-refractivity contribution in [2.75, 3.05) is 20.2 Å². The van der Waals surface area contributed by atoms with Crippen molar-refractivity contribution < 1.29 is 4.74 Å². The minimum absolute atomic E-state index is 0.219. The Labute approximate surface area is 146 Å². The molecule has 2 rings (SSSR count). The van der Waals surface area contributed by atoms with Crippen LogP contribution in [0.25, 0.3) is 0 Å². The lowest BCUT2D eigenvalue weighted by Crippen LogP contribution is -2.65. The lowest BCUT2D eigenvalue weighted by Gasteiger charge is -2.55. The summed E-state index contributed by atoms with van der Waals surface area (Å²) in [6.45, 7) is 8.25. The second kappa shape index (κ2) is 9.02. The van der Waals surface area contributed by atoms with Crippen molar-refractivity contribution in [3.05, 3.63) is 30.1 Å². The molecule has 0 saturated heterocycles. The molecule has 1 aliphatic carbocycles. The molecule has 0 spiro atoms. The molecule has 1 aromatic heterocycles. The summed E-state index contributed by atoms with van der Waals surface area (Å²) < 4.78 is 5.95. The maximum Gasteiger partial charge on any atom is 0.191 e. The Hall–Kier alpha value is -1.62. The maximum absolute atomic E-state index is 5.95. The van der Waals surface area contributed by atoms with Crippen molar-refractivity contribution in [1.82, 2.24) is 15.6 Å². The molecule has 1 fully saturated rings. The Morgan fingerprint density at radius 2 is 2.17 bits per heavy atom. The summed E-state index contributed by atoms with van der Waals surface area (Å²) in [6, 6.07) is 4.50. The molecule has 2 unspecified atom stereocenters. The highest BCUT2D eigenvalue weighted by molar-refractivity contribution is 5.80. The van der Waals surface area contributed by atoms with E-state index in [-0.39, 0.29) is 5.41 Å². The van der Waals surface area contributed by atoms with Crippen molar-refractivity contribution >= 4 is 5.96 Å². The first-order chi connectivity index (χ1) is 11.7. The SMILES string of the molecule is CCOC1CC(NC(=NC)NCCc2cccnc2)C1(CC)CC. The zero-order valence-electron chi connectivity index (χ0n) is 15.5. The van der Waals surface area contributed by atoms with E-state index in [1.807, 2.05) is 19.3 Å². The second-order valence-electron chi connectivity index (χ2n) is 6.43. The number of nitrogens with zero attached hydrogens (tertiary/aromatic N) is 2. The molecule has 1 saturated carbocycles. The number of guanidine groups is 1. The van der Waals surface area contributed by atoms with E-state index in [4.69, 9.17) is 4.74 Å². The lowest BCUT2D eigenvalue weighted by molar-refractivity contribution is -0.133. The summed E-state index contributed by atoms with van der Waals surface area (Å²) in [4.78, 5) is 8.54. The Bertz CT molecular complexity index is 513. The molecule has 0 radical (unpaired) electrons. The molecule has 0 bridgehead atoms. The highest BCUT2D eigenvalue weighted by atomic mass is 16.5. The fraction of sp³-hybridized carbons (Fsp3) is 0.684. The molecular formula is C19H32N4O. The molecule has 0 aliphatic heterocycles. The van der Waals surface area contributed by atoms with Crippen LogP contribution >= 0.6 is 0 Å². The van der Waals surface area contributed by atoms with Gasteiger partial charge in [-0.3, -0.25) is 9.98 Å². The standard InChI is InChI=1S/C19H32N4O/c1-5-19(6-2)16(13-17(19)24-7-3)23-18(20-4)22-12-10-15-9-8-11-21-14-15/h8-9,11,14,16-17H,5-7,10,12-13H2,1-4H3,(H2,20,22,23). The maximum atomic E-state index is 5.95. The monoisotopic (exact) mass is 332 g/mol. The zero-order valence-corrected chi connectivity index (χ0v) is 15.5. The summed E-state index contributed by atoms with van der Waals surface area (Å²) in [5.41, 5.74) is 1.45. The molecular weight excluding hydrogens is 300 g/mol. The first-order valence-corrected chi connectivity index (χ1v) is 9.17. The van der Waals surface area contributed by atoms with E-state index >= 15 is 0 Å². The number of hydrogen-bond acceptors (Lipinski definition) is 3. The molecule has 2 N–H and O–H groups in total. The smallest absolute Gasteiger partial charge is 0.191 e. The van der Waals surface area contributed by atoms with Crippen molar-refractivity contribution in [2.45, 2.75) is 58.6 Å². The van der Waals surface area contributed by atoms with Gasteiger partial charge in [-0.2, -0.15) is 0 Å². The van der Waals surface area contributed by atoms with E-state index in [0.717, 1.165) is 44.8 Å². The number of rotatable bonds is 8. The number of aliphatic imine (C=N–C) groups is 1. The molecule has 2 atom stereocenters. The van der Waals surface area contributed by atoms with Crippen LogP contribution in [0.3, 0.4) is 0 Å². The predicted octanol–water partition coefficient (Wildman–Crippen LogP) is 2.77. The molecule has 1 heterocycles. The van der Waals surface area contributed by atoms with Gasteiger partial charge in [0.15, 0.2) is 5.96 Å². The van der Waals surface area contributed by atoms with Crippen LogP contribution in [-0.4, -0.2) is 43.3 Å². The Morgan fingerprint density at radius 3 is 2.75 bits per heavy atom. The van der Waals surface area contributed by atoms with E-state index < -0.39 is 0 Å². The van der Waals surface area contributed by atoms with Gasteiger partial charge in [-0.05, 0) is 44.2 Å². The van der Waals surface area contributed by atoms with Crippen LogP contribution in [0.4, 0.5) is 0 Å². The summed E-state index contributed by atoms with van der Waals surface area (Å²) >= 11 is 0. The van der Waals surface area contributed by atoms with Gasteiger partial charge in [-0.25, -0.2) is 0 Å². The average molecular weight is 332 g/mol. The minimum Gasteiger partial charge on any atom is -0.378 e. The van der Waals surface area contributed by atoms with Gasteiger partial charge in [0, 0.05) is 44.0 Å². The highest BCUT2D eigenvalue weighted by Gasteiger charge is 2.53. The molecule has 24 heavy (non-hydrogen) atoms. The third-order valence-corrected chi connectivity index (χ3v) is 5.43. The third-order valence-electron chi connectivity index (χ3n) is 5.43. The van der Waals surface area contributed by atoms with Gasteiger partial charge in [0.1, 0.15) is 0 Å². The van der Waals surface area contributed by atoms with Gasteiger partial charge in [0.25, 0.3) is 0 Å². The number of aromatic nitrogens is 1. The van der Waals surface area contributed by atoms with Gasteiger partial charge in [0.2, 0.25) is 0 Å². The fourth-order valence-electron chi connectivity index (χ4n) is 3.81. The van der Waals surface area contributed by atoms with Crippen LogP contribution in [-0.2, 0) is 11.2 Å². The third kappa shape index (κ3) is 4.07. The van der Waals surface area contributed by atoms with E-state index in [1.54, 1.807) is 6.20 Å². The Morgan fingerprint density at radius 1 is 1.38 bits per heavy atom. The van der Waals surface area contributed by atoms with Crippen LogP contribution in [0.1, 0.15) is 45.6 Å². The van der Waals surface area contributed by atoms with Crippen molar-refractivity contribution in [1.29, 1.82) is 0 Å². The first kappa shape index (κ1) is 18.7. The molecule has 5 heteroatoms. The number of nitrogens with one attached hydrogen (secondary N) is 2. The van der Waals surface area contributed by atoms with E-state index in [2.05, 4.69) is 47.4 Å². The van der Waals surface area contributed by atoms with Crippen LogP contribution in [0.15, 0.2) is 29.5 Å². The van der Waals surface area contributed by atoms with Gasteiger partial charge in [0.05, 0.1) is 6.10 Å². The molecule has 0 amide bonds. The predicted molar refractivity (Wildman–Crippen MR) is 99.3 cm³/mol. The van der Waals surface area contributed by atoms with Crippen LogP contribution in [0.5, 0.6) is 0 Å². The van der Waals surface area contributed by atoms with Gasteiger partial charge in [-0.1, -0.05) is 19.9 Å². The van der Waals surface area contributed by atoms with Crippen LogP contribution < -0.4 is 10.6 Å². The summed E-state index contributed by atoms with van der Waals surface area (Å²) in [5, 5.41) is 7.03. The average Bonchev–Trinajstić information content (AvgIpc) is 2.61. The number of hydrogen-bond donors (Lipinski definition) is 2. The summed E-state index contributed by atoms with van der Waals surface area (Å²) in [6.07, 6.45) is 8.32. The normalized spacial score (nSPS) is 22.8. The number of ether oxygens (including phenoxy) is 1. The molecule has 1 aromatic rings. The Balaban J connectivity index is 1.86. The van der Waals surface area contributed by atoms with Crippen molar-refractivity contribution in [3.8, 4) is 0 Å². The Kier molecular flexibility index (Phi) is 7.03. The second-order valence-corrected chi connectivity index (χ2v) is 6.43. The molecule has 1 aliphatic rings. The zero-order chi connectivity index (χ0) is 17.4. The molecule has 134 valence electrons. The molecule has 5 nitrogen and oxygen atoms in total. The lowest BCUT2D eigenvalue weighted by atomic mass is 9.58. The largest absolute Gasteiger partial charge is 0.378 e. The number of pyridine rings is 1. The van der Waals surface area contributed by atoms with Crippen LogP contribution in [0, 0.1) is 5.41 Å². The first-order valence-electron chi connectivity index (χ1n) is 9.17. The van der Waals surface area contributed by atoms with E-state index in [9.17, 15) is 0 Å².